The van der Waals surface area contributed by atoms with Gasteiger partial charge in [-0.05, 0) is 44.7 Å². The van der Waals surface area contributed by atoms with Crippen molar-refractivity contribution in [2.24, 2.45) is 17.6 Å². The van der Waals surface area contributed by atoms with Crippen LogP contribution in [-0.4, -0.2) is 56.7 Å². The minimum absolute atomic E-state index is 0. The number of likely N-dealkylation sites (tertiary alicyclic amines) is 1. The van der Waals surface area contributed by atoms with Gasteiger partial charge in [-0.3, -0.25) is 9.69 Å². The Labute approximate surface area is 146 Å². The highest BCUT2D eigenvalue weighted by Crippen LogP contribution is 2.31. The highest BCUT2D eigenvalue weighted by atomic mass is 35.5. The molecule has 2 fully saturated rings. The summed E-state index contributed by atoms with van der Waals surface area (Å²) < 4.78 is 5.14. The average molecular weight is 356 g/mol. The van der Waals surface area contributed by atoms with E-state index in [4.69, 9.17) is 10.5 Å². The molecule has 0 aromatic heterocycles. The van der Waals surface area contributed by atoms with E-state index in [1.54, 1.807) is 7.11 Å². The van der Waals surface area contributed by atoms with Gasteiger partial charge >= 0.3 is 0 Å². The molecule has 5 nitrogen and oxygen atoms in total. The molecule has 2 rings (SSSR count). The molecule has 0 aromatic carbocycles. The lowest BCUT2D eigenvalue weighted by Gasteiger charge is -2.25. The van der Waals surface area contributed by atoms with Crippen LogP contribution < -0.4 is 11.1 Å². The molecule has 1 aliphatic heterocycles. The lowest BCUT2D eigenvalue weighted by atomic mass is 9.95. The van der Waals surface area contributed by atoms with Gasteiger partial charge in [0.1, 0.15) is 0 Å². The fourth-order valence-electron chi connectivity index (χ4n) is 3.64. The maximum absolute atomic E-state index is 12.3. The molecule has 0 aromatic rings. The summed E-state index contributed by atoms with van der Waals surface area (Å²) in [4.78, 5) is 14.7. The molecule has 1 amide bonds. The van der Waals surface area contributed by atoms with Crippen molar-refractivity contribution >= 4 is 30.7 Å². The van der Waals surface area contributed by atoms with Crippen molar-refractivity contribution in [1.29, 1.82) is 0 Å². The van der Waals surface area contributed by atoms with Gasteiger partial charge in [0.25, 0.3) is 0 Å². The first-order valence-corrected chi connectivity index (χ1v) is 7.97. The zero-order valence-electron chi connectivity index (χ0n) is 13.5. The second kappa shape index (κ2) is 11.5. The van der Waals surface area contributed by atoms with Gasteiger partial charge in [-0.1, -0.05) is 6.42 Å². The molecule has 22 heavy (non-hydrogen) atoms. The summed E-state index contributed by atoms with van der Waals surface area (Å²) in [5.41, 5.74) is 5.76. The number of ether oxygens (including phenoxy) is 1. The Morgan fingerprint density at radius 2 is 2.05 bits per heavy atom. The van der Waals surface area contributed by atoms with E-state index >= 15 is 0 Å². The van der Waals surface area contributed by atoms with E-state index in [-0.39, 0.29) is 36.6 Å². The molecular formula is C15H31Cl2N3O2. The lowest BCUT2D eigenvalue weighted by Crippen LogP contribution is -2.44. The maximum Gasteiger partial charge on any atom is 0.223 e. The molecule has 2 aliphatic rings. The molecule has 0 spiro atoms. The summed E-state index contributed by atoms with van der Waals surface area (Å²) in [5, 5.41) is 3.16. The third-order valence-corrected chi connectivity index (χ3v) is 4.89. The van der Waals surface area contributed by atoms with Crippen molar-refractivity contribution in [3.63, 3.8) is 0 Å². The van der Waals surface area contributed by atoms with Gasteiger partial charge in [0.15, 0.2) is 0 Å². The topological polar surface area (TPSA) is 67.6 Å². The van der Waals surface area contributed by atoms with Gasteiger partial charge in [0.05, 0.1) is 6.61 Å². The molecule has 3 atom stereocenters. The van der Waals surface area contributed by atoms with Crippen molar-refractivity contribution < 1.29 is 9.53 Å². The van der Waals surface area contributed by atoms with Crippen molar-refractivity contribution in [3.05, 3.63) is 0 Å². The Morgan fingerprint density at radius 3 is 2.73 bits per heavy atom. The molecule has 1 saturated carbocycles. The molecule has 1 aliphatic carbocycles. The molecular weight excluding hydrogens is 325 g/mol. The number of amides is 1. The van der Waals surface area contributed by atoms with Gasteiger partial charge < -0.3 is 15.8 Å². The smallest absolute Gasteiger partial charge is 0.223 e. The first-order chi connectivity index (χ1) is 9.76. The van der Waals surface area contributed by atoms with Crippen LogP contribution in [0, 0.1) is 11.8 Å². The van der Waals surface area contributed by atoms with Crippen LogP contribution in [0.4, 0.5) is 0 Å². The van der Waals surface area contributed by atoms with Crippen LogP contribution in [0.2, 0.25) is 0 Å². The first kappa shape index (κ1) is 21.9. The number of methoxy groups -OCH3 is 1. The minimum Gasteiger partial charge on any atom is -0.383 e. The Bertz CT molecular complexity index is 321. The van der Waals surface area contributed by atoms with Crippen LogP contribution in [0.1, 0.15) is 32.1 Å². The highest BCUT2D eigenvalue weighted by Gasteiger charge is 2.32. The molecule has 3 N–H and O–H groups in total. The van der Waals surface area contributed by atoms with Crippen LogP contribution in [-0.2, 0) is 9.53 Å². The van der Waals surface area contributed by atoms with Crippen molar-refractivity contribution in [1.82, 2.24) is 10.2 Å². The second-order valence-electron chi connectivity index (χ2n) is 6.10. The van der Waals surface area contributed by atoms with E-state index in [1.165, 1.54) is 12.8 Å². The number of hydrogen-bond donors (Lipinski definition) is 2. The largest absolute Gasteiger partial charge is 0.383 e. The first-order valence-electron chi connectivity index (χ1n) is 7.97. The number of hydrogen-bond acceptors (Lipinski definition) is 4. The fourth-order valence-corrected chi connectivity index (χ4v) is 3.64. The van der Waals surface area contributed by atoms with Crippen molar-refractivity contribution in [2.45, 2.75) is 38.1 Å². The van der Waals surface area contributed by atoms with Gasteiger partial charge in [-0.2, -0.15) is 0 Å². The SMILES string of the molecule is COCCN1CCCC1CNC(=O)[C@@H]1CCC[C@@H]1CN.Cl.Cl. The number of halogens is 2. The van der Waals surface area contributed by atoms with Gasteiger partial charge in [-0.15, -0.1) is 24.8 Å². The number of carbonyl (C=O) groups is 1. The van der Waals surface area contributed by atoms with E-state index in [1.807, 2.05) is 0 Å². The van der Waals surface area contributed by atoms with E-state index in [9.17, 15) is 4.79 Å². The van der Waals surface area contributed by atoms with Crippen molar-refractivity contribution in [2.75, 3.05) is 39.9 Å². The monoisotopic (exact) mass is 355 g/mol. The molecule has 1 heterocycles. The average Bonchev–Trinajstić information content (AvgIpc) is 3.10. The number of carbonyl (C=O) groups excluding carboxylic acids is 1. The van der Waals surface area contributed by atoms with Crippen LogP contribution in [0.3, 0.4) is 0 Å². The Morgan fingerprint density at radius 1 is 1.27 bits per heavy atom. The van der Waals surface area contributed by atoms with Crippen molar-refractivity contribution in [3.8, 4) is 0 Å². The zero-order valence-corrected chi connectivity index (χ0v) is 15.1. The molecule has 0 bridgehead atoms. The number of nitrogens with zero attached hydrogens (tertiary/aromatic N) is 1. The minimum atomic E-state index is 0. The fraction of sp³-hybridized carbons (Fsp3) is 0.933. The normalized spacial score (nSPS) is 28.0. The molecule has 7 heteroatoms. The molecule has 1 unspecified atom stereocenters. The standard InChI is InChI=1S/C15H29N3O2.2ClH/c1-20-9-8-18-7-3-5-13(18)11-17-15(19)14-6-2-4-12(14)10-16;;/h12-14H,2-11,16H2,1H3,(H,17,19);2*1H/t12-,13?,14-;;/m1../s1. The number of nitrogens with one attached hydrogen (secondary N) is 1. The van der Waals surface area contributed by atoms with Gasteiger partial charge in [0.2, 0.25) is 5.91 Å². The summed E-state index contributed by atoms with van der Waals surface area (Å²) in [6.07, 6.45) is 5.65. The third-order valence-electron chi connectivity index (χ3n) is 4.89. The van der Waals surface area contributed by atoms with E-state index < -0.39 is 0 Å². The Hall–Kier alpha value is -0.0700. The number of rotatable bonds is 7. The summed E-state index contributed by atoms with van der Waals surface area (Å²) in [6, 6.07) is 0.479. The van der Waals surface area contributed by atoms with Crippen LogP contribution in [0.15, 0.2) is 0 Å². The second-order valence-corrected chi connectivity index (χ2v) is 6.10. The summed E-state index contributed by atoms with van der Waals surface area (Å²) in [6.45, 7) is 4.27. The van der Waals surface area contributed by atoms with Gasteiger partial charge in [0, 0.05) is 32.2 Å². The predicted octanol–water partition coefficient (Wildman–Crippen LogP) is 1.43. The van der Waals surface area contributed by atoms with Crippen LogP contribution in [0.5, 0.6) is 0 Å². The number of nitrogens with two attached hydrogens (primary N) is 1. The van der Waals surface area contributed by atoms with Crippen LogP contribution in [0.25, 0.3) is 0 Å². The quantitative estimate of drug-likeness (QED) is 0.724. The van der Waals surface area contributed by atoms with E-state index in [2.05, 4.69) is 10.2 Å². The summed E-state index contributed by atoms with van der Waals surface area (Å²) >= 11 is 0. The van der Waals surface area contributed by atoms with E-state index in [0.717, 1.165) is 45.5 Å². The van der Waals surface area contributed by atoms with Crippen LogP contribution >= 0.6 is 24.8 Å². The Kier molecular flexibility index (Phi) is 11.4. The maximum atomic E-state index is 12.3. The van der Waals surface area contributed by atoms with E-state index in [0.29, 0.717) is 18.5 Å². The lowest BCUT2D eigenvalue weighted by molar-refractivity contribution is -0.126. The third kappa shape index (κ3) is 5.85. The summed E-state index contributed by atoms with van der Waals surface area (Å²) in [5.74, 6) is 0.758. The zero-order chi connectivity index (χ0) is 14.4. The Balaban J connectivity index is 0.00000220. The van der Waals surface area contributed by atoms with Gasteiger partial charge in [-0.25, -0.2) is 0 Å². The molecule has 132 valence electrons. The highest BCUT2D eigenvalue weighted by molar-refractivity contribution is 5.85. The molecule has 1 saturated heterocycles. The summed E-state index contributed by atoms with van der Waals surface area (Å²) in [7, 11) is 1.74. The predicted molar refractivity (Wildman–Crippen MR) is 93.9 cm³/mol. The molecule has 0 radical (unpaired) electrons.